The van der Waals surface area contributed by atoms with Crippen LogP contribution >= 0.6 is 0 Å². The number of fused-ring (bicyclic) bond motifs is 2. The van der Waals surface area contributed by atoms with Crippen LogP contribution in [0.3, 0.4) is 0 Å². The molecule has 0 saturated carbocycles. The SMILES string of the molecule is CC(F)(F)c1nnc(N2CCc3[nH]cnc3C2c2cc3c(C(F)(F)F)cccn3n2)o1. The monoisotopic (exact) mass is 439 g/mol. The molecule has 1 aliphatic heterocycles. The van der Waals surface area contributed by atoms with Gasteiger partial charge in [0.05, 0.1) is 28.8 Å². The molecule has 4 aromatic rings. The number of H-pyrrole nitrogens is 1. The molecule has 5 rings (SSSR count). The molecular formula is C18H14F5N7O. The fourth-order valence-corrected chi connectivity index (χ4v) is 3.70. The maximum atomic E-state index is 13.6. The lowest BCUT2D eigenvalue weighted by Crippen LogP contribution is -2.37. The van der Waals surface area contributed by atoms with E-state index in [4.69, 9.17) is 4.42 Å². The summed E-state index contributed by atoms with van der Waals surface area (Å²) in [5, 5.41) is 11.4. The predicted octanol–water partition coefficient (Wildman–Crippen LogP) is 3.72. The topological polar surface area (TPSA) is 88.1 Å². The van der Waals surface area contributed by atoms with Crippen molar-refractivity contribution in [1.82, 2.24) is 29.8 Å². The molecule has 0 spiro atoms. The standard InChI is InChI=1S/C18H14F5N7O/c1-17(19,20)15-26-27-16(31-15)29-6-4-10-13(25-8-24-10)14(29)11-7-12-9(18(21,22)23)3-2-5-30(12)28-11/h2-3,5,7-8,14H,4,6H2,1H3,(H,24,25). The molecule has 1 unspecified atom stereocenters. The molecule has 0 saturated heterocycles. The van der Waals surface area contributed by atoms with Crippen LogP contribution in [0, 0.1) is 0 Å². The Bertz CT molecular complexity index is 1250. The van der Waals surface area contributed by atoms with Crippen molar-refractivity contribution in [3.05, 3.63) is 59.3 Å². The van der Waals surface area contributed by atoms with Gasteiger partial charge in [0, 0.05) is 31.8 Å². The Kier molecular flexibility index (Phi) is 4.07. The van der Waals surface area contributed by atoms with Crippen molar-refractivity contribution in [3.8, 4) is 0 Å². The van der Waals surface area contributed by atoms with Crippen LogP contribution < -0.4 is 4.90 Å². The molecule has 4 aromatic heterocycles. The van der Waals surface area contributed by atoms with Crippen molar-refractivity contribution in [3.63, 3.8) is 0 Å². The summed E-state index contributed by atoms with van der Waals surface area (Å²) in [6.45, 7) is 0.904. The summed E-state index contributed by atoms with van der Waals surface area (Å²) in [7, 11) is 0. The van der Waals surface area contributed by atoms with Gasteiger partial charge in [0.2, 0.25) is 0 Å². The van der Waals surface area contributed by atoms with E-state index in [1.165, 1.54) is 29.6 Å². The first-order valence-corrected chi connectivity index (χ1v) is 9.19. The van der Waals surface area contributed by atoms with Gasteiger partial charge in [-0.1, -0.05) is 5.10 Å². The highest BCUT2D eigenvalue weighted by atomic mass is 19.4. The van der Waals surface area contributed by atoms with Crippen molar-refractivity contribution in [2.24, 2.45) is 0 Å². The second-order valence-electron chi connectivity index (χ2n) is 7.21. The van der Waals surface area contributed by atoms with E-state index in [1.807, 2.05) is 0 Å². The lowest BCUT2D eigenvalue weighted by Gasteiger charge is -2.32. The number of anilines is 1. The maximum absolute atomic E-state index is 13.6. The zero-order valence-corrected chi connectivity index (χ0v) is 15.9. The van der Waals surface area contributed by atoms with E-state index in [2.05, 4.69) is 25.3 Å². The van der Waals surface area contributed by atoms with Gasteiger partial charge in [0.15, 0.2) is 0 Å². The average molecular weight is 439 g/mol. The van der Waals surface area contributed by atoms with Crippen LogP contribution in [-0.4, -0.2) is 36.3 Å². The minimum atomic E-state index is -4.57. The molecule has 0 radical (unpaired) electrons. The van der Waals surface area contributed by atoms with Gasteiger partial charge in [-0.25, -0.2) is 9.50 Å². The van der Waals surface area contributed by atoms with Gasteiger partial charge in [-0.2, -0.15) is 27.1 Å². The summed E-state index contributed by atoms with van der Waals surface area (Å²) < 4.78 is 73.8. The van der Waals surface area contributed by atoms with E-state index in [0.29, 0.717) is 19.0 Å². The van der Waals surface area contributed by atoms with Crippen molar-refractivity contribution in [2.45, 2.75) is 31.5 Å². The maximum Gasteiger partial charge on any atom is 0.418 e. The summed E-state index contributed by atoms with van der Waals surface area (Å²) >= 11 is 0. The second kappa shape index (κ2) is 6.49. The number of nitrogens with zero attached hydrogens (tertiary/aromatic N) is 6. The number of rotatable bonds is 3. The van der Waals surface area contributed by atoms with Crippen LogP contribution in [0.15, 0.2) is 35.1 Å². The van der Waals surface area contributed by atoms with Gasteiger partial charge < -0.3 is 14.3 Å². The molecule has 13 heteroatoms. The molecule has 0 aromatic carbocycles. The highest BCUT2D eigenvalue weighted by Crippen LogP contribution is 2.39. The van der Waals surface area contributed by atoms with Crippen molar-refractivity contribution in [1.29, 1.82) is 0 Å². The number of halogens is 5. The normalized spacial score (nSPS) is 17.4. The number of pyridine rings is 1. The summed E-state index contributed by atoms with van der Waals surface area (Å²) in [6, 6.07) is 2.51. The Balaban J connectivity index is 1.65. The average Bonchev–Trinajstić information content (AvgIpc) is 3.42. The number of aromatic amines is 1. The molecule has 0 fully saturated rings. The second-order valence-corrected chi connectivity index (χ2v) is 7.21. The smallest absolute Gasteiger partial charge is 0.401 e. The minimum Gasteiger partial charge on any atom is -0.401 e. The Morgan fingerprint density at radius 3 is 2.71 bits per heavy atom. The van der Waals surface area contributed by atoms with Gasteiger partial charge in [-0.3, -0.25) is 0 Å². The molecule has 0 amide bonds. The summed E-state index contributed by atoms with van der Waals surface area (Å²) in [4.78, 5) is 8.78. The highest BCUT2D eigenvalue weighted by molar-refractivity contribution is 5.58. The lowest BCUT2D eigenvalue weighted by molar-refractivity contribution is -0.136. The van der Waals surface area contributed by atoms with Gasteiger partial charge in [-0.05, 0) is 18.2 Å². The van der Waals surface area contributed by atoms with Crippen LogP contribution in [0.25, 0.3) is 5.52 Å². The van der Waals surface area contributed by atoms with E-state index in [0.717, 1.165) is 16.3 Å². The number of hydrogen-bond acceptors (Lipinski definition) is 6. The van der Waals surface area contributed by atoms with Crippen LogP contribution in [0.5, 0.6) is 0 Å². The number of alkyl halides is 5. The largest absolute Gasteiger partial charge is 0.418 e. The summed E-state index contributed by atoms with van der Waals surface area (Å²) in [5.41, 5.74) is 0.497. The van der Waals surface area contributed by atoms with E-state index in [1.54, 1.807) is 0 Å². The Morgan fingerprint density at radius 2 is 2.00 bits per heavy atom. The first-order chi connectivity index (χ1) is 14.6. The molecule has 8 nitrogen and oxygen atoms in total. The fraction of sp³-hybridized carbons (Fsp3) is 0.333. The van der Waals surface area contributed by atoms with Crippen LogP contribution in [0.4, 0.5) is 28.0 Å². The number of aromatic nitrogens is 6. The van der Waals surface area contributed by atoms with E-state index < -0.39 is 29.6 Å². The van der Waals surface area contributed by atoms with Crippen molar-refractivity contribution >= 4 is 11.5 Å². The van der Waals surface area contributed by atoms with Gasteiger partial charge in [0.1, 0.15) is 6.04 Å². The predicted molar refractivity (Wildman–Crippen MR) is 95.5 cm³/mol. The van der Waals surface area contributed by atoms with Gasteiger partial charge in [0.25, 0.3) is 5.89 Å². The molecule has 5 heterocycles. The first kappa shape index (κ1) is 19.5. The molecule has 1 aliphatic rings. The van der Waals surface area contributed by atoms with Gasteiger partial charge >= 0.3 is 18.1 Å². The molecule has 0 bridgehead atoms. The van der Waals surface area contributed by atoms with E-state index in [-0.39, 0.29) is 23.8 Å². The highest BCUT2D eigenvalue weighted by Gasteiger charge is 2.39. The number of imidazole rings is 1. The molecular weight excluding hydrogens is 425 g/mol. The third-order valence-electron chi connectivity index (χ3n) is 5.07. The molecule has 1 N–H and O–H groups in total. The van der Waals surface area contributed by atoms with E-state index in [9.17, 15) is 22.0 Å². The minimum absolute atomic E-state index is 0.140. The number of hydrogen-bond donors (Lipinski definition) is 1. The lowest BCUT2D eigenvalue weighted by atomic mass is 10.00. The Morgan fingerprint density at radius 1 is 1.19 bits per heavy atom. The van der Waals surface area contributed by atoms with Crippen LogP contribution in [-0.2, 0) is 18.5 Å². The molecule has 31 heavy (non-hydrogen) atoms. The number of nitrogens with one attached hydrogen (secondary N) is 1. The van der Waals surface area contributed by atoms with Crippen molar-refractivity contribution < 1.29 is 26.4 Å². The Hall–Kier alpha value is -3.51. The molecule has 1 atom stereocenters. The van der Waals surface area contributed by atoms with Gasteiger partial charge in [-0.15, -0.1) is 5.10 Å². The first-order valence-electron chi connectivity index (χ1n) is 9.19. The zero-order chi connectivity index (χ0) is 22.0. The van der Waals surface area contributed by atoms with Crippen LogP contribution in [0.2, 0.25) is 0 Å². The summed E-state index contributed by atoms with van der Waals surface area (Å²) in [6.07, 6.45) is -1.25. The third-order valence-corrected chi connectivity index (χ3v) is 5.07. The third kappa shape index (κ3) is 3.20. The zero-order valence-electron chi connectivity index (χ0n) is 15.9. The van der Waals surface area contributed by atoms with E-state index >= 15 is 0 Å². The van der Waals surface area contributed by atoms with Crippen molar-refractivity contribution in [2.75, 3.05) is 11.4 Å². The van der Waals surface area contributed by atoms with Crippen LogP contribution in [0.1, 0.15) is 41.5 Å². The Labute approximate surface area is 170 Å². The summed E-state index contributed by atoms with van der Waals surface area (Å²) in [5.74, 6) is -4.19. The quantitative estimate of drug-likeness (QED) is 0.490. The molecule has 0 aliphatic carbocycles. The molecule has 162 valence electrons. The fourth-order valence-electron chi connectivity index (χ4n) is 3.70.